The number of allylic oxidation sites excluding steroid dienone is 4. The molecule has 5 N–H and O–H groups in total. The number of esters is 1. The zero-order chi connectivity index (χ0) is 48.2. The fourth-order valence-corrected chi connectivity index (χ4v) is 10.3. The van der Waals surface area contributed by atoms with Crippen molar-refractivity contribution in [1.29, 1.82) is 0 Å². The van der Waals surface area contributed by atoms with Gasteiger partial charge in [0.15, 0.2) is 11.8 Å². The van der Waals surface area contributed by atoms with Crippen molar-refractivity contribution >= 4 is 29.3 Å². The highest BCUT2D eigenvalue weighted by atomic mass is 16.7. The predicted molar refractivity (Wildman–Crippen MR) is 239 cm³/mol. The Morgan fingerprint density at radius 3 is 2.25 bits per heavy atom. The summed E-state index contributed by atoms with van der Waals surface area (Å²) in [5.41, 5.74) is -1.68. The maximum absolute atomic E-state index is 15.0. The number of carbonyl (C=O) groups is 4. The number of aliphatic hydroxyl groups excluding tert-OH is 3. The molecule has 4 aliphatic heterocycles. The summed E-state index contributed by atoms with van der Waals surface area (Å²) in [4.78, 5) is 62.1. The third-order valence-electron chi connectivity index (χ3n) is 13.9. The molecule has 0 saturated carbocycles. The number of Topliss-reactive ketones (excluding diaryl/α,β-unsaturated/α-hetero) is 1. The second-order valence-electron chi connectivity index (χ2n) is 19.2. The highest BCUT2D eigenvalue weighted by molar-refractivity contribution is 6.32. The Morgan fingerprint density at radius 1 is 1.02 bits per heavy atom. The maximum Gasteiger partial charge on any atom is 0.302 e. The highest BCUT2D eigenvalue weighted by Gasteiger charge is 2.58. The van der Waals surface area contributed by atoms with Gasteiger partial charge in [-0.1, -0.05) is 59.8 Å². The number of phenolic OH excluding ortho intramolecular Hbond substituents is 1. The van der Waals surface area contributed by atoms with E-state index in [1.54, 1.807) is 39.8 Å². The van der Waals surface area contributed by atoms with Gasteiger partial charge >= 0.3 is 5.97 Å². The topological polar surface area (TPSA) is 237 Å². The maximum atomic E-state index is 15.0. The Morgan fingerprint density at radius 2 is 1.66 bits per heavy atom. The van der Waals surface area contributed by atoms with Crippen LogP contribution < -0.4 is 10.1 Å². The van der Waals surface area contributed by atoms with Crippen LogP contribution in [0.4, 0.5) is 0 Å². The molecule has 4 heterocycles. The molecule has 1 saturated heterocycles. The first-order valence-electron chi connectivity index (χ1n) is 22.4. The molecule has 10 atom stereocenters. The van der Waals surface area contributed by atoms with Gasteiger partial charge in [0, 0.05) is 92.6 Å². The molecule has 0 radical (unpaired) electrons. The molecule has 1 unspecified atom stereocenters. The summed E-state index contributed by atoms with van der Waals surface area (Å²) in [7, 11) is 1.45. The number of rotatable bonds is 4. The molecule has 5 aliphatic rings. The van der Waals surface area contributed by atoms with E-state index in [1.807, 2.05) is 13.8 Å². The highest BCUT2D eigenvalue weighted by Crippen LogP contribution is 2.55. The van der Waals surface area contributed by atoms with E-state index in [4.69, 9.17) is 23.9 Å². The number of hydrogen-bond donors (Lipinski definition) is 5. The van der Waals surface area contributed by atoms with Gasteiger partial charge in [-0.15, -0.1) is 0 Å². The summed E-state index contributed by atoms with van der Waals surface area (Å²) in [5, 5.41) is 64.0. The van der Waals surface area contributed by atoms with Crippen LogP contribution in [-0.4, -0.2) is 122 Å². The number of quaternary nitrogens is 1. The number of carbonyl (C=O) groups excluding carboxylic acids is 4. The third-order valence-corrected chi connectivity index (χ3v) is 13.9. The quantitative estimate of drug-likeness (QED) is 0.156. The molecule has 1 spiro atoms. The minimum Gasteiger partial charge on any atom is -0.633 e. The lowest BCUT2D eigenvalue weighted by Gasteiger charge is -2.52. The Kier molecular flexibility index (Phi) is 14.0. The number of ether oxygens (including phenoxy) is 4. The summed E-state index contributed by atoms with van der Waals surface area (Å²) in [6.45, 7) is 18.5. The van der Waals surface area contributed by atoms with E-state index in [1.165, 1.54) is 65.0 Å². The van der Waals surface area contributed by atoms with Crippen LogP contribution in [0.2, 0.25) is 0 Å². The number of aromatic hydroxyl groups is 1. The molecule has 1 aromatic rings. The zero-order valence-corrected chi connectivity index (χ0v) is 39.5. The van der Waals surface area contributed by atoms with E-state index >= 15 is 4.79 Å². The van der Waals surface area contributed by atoms with E-state index in [0.29, 0.717) is 6.54 Å². The van der Waals surface area contributed by atoms with Gasteiger partial charge in [-0.2, -0.15) is 0 Å². The molecule has 1 fully saturated rings. The van der Waals surface area contributed by atoms with Crippen molar-refractivity contribution in [2.75, 3.05) is 26.7 Å². The van der Waals surface area contributed by atoms with Crippen molar-refractivity contribution in [1.82, 2.24) is 10.2 Å². The van der Waals surface area contributed by atoms with Crippen molar-refractivity contribution in [2.24, 2.45) is 34.6 Å². The average molecular weight is 907 g/mol. The van der Waals surface area contributed by atoms with Gasteiger partial charge in [0.05, 0.1) is 61.2 Å². The van der Waals surface area contributed by atoms with Crippen LogP contribution in [0.25, 0.3) is 0 Å². The molecule has 1 aromatic carbocycles. The molecule has 1 aliphatic carbocycles. The molecular formula is C48H66N4O13. The Balaban J connectivity index is 1.56. The van der Waals surface area contributed by atoms with Crippen LogP contribution in [0.3, 0.4) is 0 Å². The summed E-state index contributed by atoms with van der Waals surface area (Å²) < 4.78 is 23.7. The molecule has 2 amide bonds. The van der Waals surface area contributed by atoms with E-state index < -0.39 is 99.6 Å². The first kappa shape index (κ1) is 49.5. The Bertz CT molecular complexity index is 2250. The van der Waals surface area contributed by atoms with E-state index in [2.05, 4.69) is 5.32 Å². The largest absolute Gasteiger partial charge is 0.633 e. The molecule has 17 heteroatoms. The summed E-state index contributed by atoms with van der Waals surface area (Å²) in [6.07, 6.45) is 2.19. The van der Waals surface area contributed by atoms with Crippen LogP contribution in [0.5, 0.6) is 11.5 Å². The SMILES string of the molecule is CO[C@H]1/C=C/O[C@@]2(C)Oc3c(C)c(O)c4c(c3C2O)C2=NC3(CC[N+]([O-])(CC(C)C)CC3)N(C(C)=O)C2=C(NC(=O)/C(C)=C\C=C\[C@H](C)[C@H](O)[C@@H](C)[C@@H](O)[C@@H](C)[C@H](OC(C)=O)[C@@H]1C)C4=O. The van der Waals surface area contributed by atoms with Crippen LogP contribution in [0.1, 0.15) is 115 Å². The number of likely N-dealkylation sites (tertiary alicyclic amines) is 1. The van der Waals surface area contributed by atoms with Gasteiger partial charge in [-0.3, -0.25) is 29.1 Å². The van der Waals surface area contributed by atoms with Crippen LogP contribution >= 0.6 is 0 Å². The minimum absolute atomic E-state index is 0.00440. The number of hydroxylamine groups is 3. The predicted octanol–water partition coefficient (Wildman–Crippen LogP) is 4.74. The van der Waals surface area contributed by atoms with Gasteiger partial charge in [0.25, 0.3) is 11.7 Å². The number of hydrogen-bond acceptors (Lipinski definition) is 14. The molecule has 0 aromatic heterocycles. The number of amides is 2. The average Bonchev–Trinajstić information content (AvgIpc) is 3.71. The fourth-order valence-electron chi connectivity index (χ4n) is 10.3. The number of methoxy groups -OCH3 is 1. The summed E-state index contributed by atoms with van der Waals surface area (Å²) in [6, 6.07) is 0. The number of aliphatic hydroxyl groups is 3. The number of ketones is 1. The minimum atomic E-state index is -1.89. The van der Waals surface area contributed by atoms with Crippen molar-refractivity contribution in [2.45, 2.75) is 131 Å². The van der Waals surface area contributed by atoms with E-state index in [0.717, 1.165) is 0 Å². The number of piperidine rings is 1. The number of aliphatic imine (C=N–C) groups is 1. The molecule has 5 bridgehead atoms. The second kappa shape index (κ2) is 18.4. The number of benzene rings is 1. The normalized spacial score (nSPS) is 37.2. The van der Waals surface area contributed by atoms with Gasteiger partial charge < -0.3 is 54.5 Å². The number of fused-ring (bicyclic) bond motifs is 3. The van der Waals surface area contributed by atoms with E-state index in [-0.39, 0.29) is 82.5 Å². The molecule has 17 nitrogen and oxygen atoms in total. The lowest BCUT2D eigenvalue weighted by atomic mass is 9.78. The van der Waals surface area contributed by atoms with Gasteiger partial charge in [-0.25, -0.2) is 0 Å². The van der Waals surface area contributed by atoms with Gasteiger partial charge in [0.1, 0.15) is 23.3 Å². The first-order chi connectivity index (χ1) is 30.3. The molecule has 6 rings (SSSR count). The smallest absolute Gasteiger partial charge is 0.302 e. The fraction of sp³-hybridized carbons (Fsp3) is 0.604. The third kappa shape index (κ3) is 8.90. The Labute approximate surface area is 380 Å². The summed E-state index contributed by atoms with van der Waals surface area (Å²) in [5.74, 6) is -7.50. The molecular weight excluding hydrogens is 841 g/mol. The lowest BCUT2D eigenvalue weighted by Crippen LogP contribution is -2.59. The van der Waals surface area contributed by atoms with Crippen LogP contribution in [-0.2, 0) is 28.6 Å². The van der Waals surface area contributed by atoms with Crippen molar-refractivity contribution in [3.8, 4) is 11.5 Å². The first-order valence-corrected chi connectivity index (χ1v) is 22.4. The van der Waals surface area contributed by atoms with Gasteiger partial charge in [-0.05, 0) is 19.9 Å². The van der Waals surface area contributed by atoms with Crippen molar-refractivity contribution < 1.29 is 63.2 Å². The zero-order valence-electron chi connectivity index (χ0n) is 39.5. The lowest BCUT2D eigenvalue weighted by molar-refractivity contribution is -0.890. The van der Waals surface area contributed by atoms with Crippen LogP contribution in [0.15, 0.2) is 52.5 Å². The molecule has 356 valence electrons. The standard InChI is InChI=1S/C48H66N4O13/c1-23(2)22-52(61)19-17-48(18-20-52)50-36-33-34-41(57)29(8)44-35(33)45(59)47(11,65-44)63-21-16-32(62-12)26(5)43(64-31(10)54)28(7)40(56)27(6)39(55)24(3)14-13-15-25(4)46(60)49-37(42(34)58)38(36)51(48)30(9)53/h13-16,21,23-24,26-28,32,39-40,43,45,55-57,59H,17-20,22H2,1-12H3,(H,49,60)/b14-13+,21-16+,25-15-/t24-,26+,27+,28+,32-,39-,40+,43+,45?,47-,48?,52?/m0/s1. The Hall–Kier alpha value is -4.91. The second-order valence-corrected chi connectivity index (χ2v) is 19.2. The number of nitrogens with zero attached hydrogens (tertiary/aromatic N) is 3. The number of phenols is 1. The van der Waals surface area contributed by atoms with Crippen molar-refractivity contribution in [3.05, 3.63) is 75.0 Å². The van der Waals surface area contributed by atoms with Gasteiger partial charge in [0.2, 0.25) is 11.7 Å². The number of nitrogens with one attached hydrogen (secondary N) is 1. The summed E-state index contributed by atoms with van der Waals surface area (Å²) >= 11 is 0. The van der Waals surface area contributed by atoms with Crippen molar-refractivity contribution in [3.63, 3.8) is 0 Å². The van der Waals surface area contributed by atoms with E-state index in [9.17, 15) is 40.0 Å². The molecule has 65 heavy (non-hydrogen) atoms. The van der Waals surface area contributed by atoms with Crippen LogP contribution in [0, 0.1) is 41.7 Å². The monoisotopic (exact) mass is 906 g/mol.